The predicted molar refractivity (Wildman–Crippen MR) is 41.9 cm³/mol. The lowest BCUT2D eigenvalue weighted by molar-refractivity contribution is -0.146. The summed E-state index contributed by atoms with van der Waals surface area (Å²) in [4.78, 5) is 11.0. The van der Waals surface area contributed by atoms with E-state index in [4.69, 9.17) is 5.73 Å². The molecule has 0 aromatic carbocycles. The van der Waals surface area contributed by atoms with Crippen LogP contribution in [0.4, 0.5) is 0 Å². The molecule has 1 fully saturated rings. The number of carbonyl (C=O) groups excluding carboxylic acids is 1. The fourth-order valence-corrected chi connectivity index (χ4v) is 1.61. The molecule has 0 radical (unpaired) electrons. The Morgan fingerprint density at radius 3 is 2.82 bits per heavy atom. The van der Waals surface area contributed by atoms with Gasteiger partial charge in [-0.3, -0.25) is 4.79 Å². The van der Waals surface area contributed by atoms with Crippen LogP contribution in [0.1, 0.15) is 25.7 Å². The predicted octanol–water partition coefficient (Wildman–Crippen LogP) is 0.677. The molecule has 1 saturated carbocycles. The Balaban J connectivity index is 2.39. The molecule has 0 aromatic rings. The van der Waals surface area contributed by atoms with Gasteiger partial charge in [0.1, 0.15) is 0 Å². The monoisotopic (exact) mass is 157 g/mol. The maximum absolute atomic E-state index is 11.0. The summed E-state index contributed by atoms with van der Waals surface area (Å²) in [6, 6.07) is 0.202. The van der Waals surface area contributed by atoms with Crippen LogP contribution >= 0.6 is 0 Å². The van der Waals surface area contributed by atoms with Crippen molar-refractivity contribution in [3.05, 3.63) is 0 Å². The summed E-state index contributed by atoms with van der Waals surface area (Å²) < 4.78 is 4.64. The third kappa shape index (κ3) is 2.19. The van der Waals surface area contributed by atoms with Crippen LogP contribution in [-0.4, -0.2) is 19.1 Å². The van der Waals surface area contributed by atoms with Crippen LogP contribution in [0.15, 0.2) is 0 Å². The van der Waals surface area contributed by atoms with E-state index < -0.39 is 0 Å². The Morgan fingerprint density at radius 1 is 1.55 bits per heavy atom. The Hall–Kier alpha value is -0.570. The van der Waals surface area contributed by atoms with E-state index in [1.165, 1.54) is 7.11 Å². The van der Waals surface area contributed by atoms with E-state index >= 15 is 0 Å². The molecular weight excluding hydrogens is 142 g/mol. The number of hydrogen-bond donors (Lipinski definition) is 1. The summed E-state index contributed by atoms with van der Waals surface area (Å²) in [5.41, 5.74) is 5.71. The number of methoxy groups -OCH3 is 1. The summed E-state index contributed by atoms with van der Waals surface area (Å²) in [5, 5.41) is 0. The molecule has 0 saturated heterocycles. The van der Waals surface area contributed by atoms with E-state index in [9.17, 15) is 4.79 Å². The molecule has 64 valence electrons. The maximum atomic E-state index is 11.0. The number of ether oxygens (including phenoxy) is 1. The van der Waals surface area contributed by atoms with Crippen molar-refractivity contribution in [3.8, 4) is 0 Å². The van der Waals surface area contributed by atoms with Gasteiger partial charge >= 0.3 is 5.97 Å². The Labute approximate surface area is 66.9 Å². The first-order chi connectivity index (χ1) is 5.24. The molecule has 11 heavy (non-hydrogen) atoms. The Kier molecular flexibility index (Phi) is 2.88. The molecule has 1 aliphatic carbocycles. The molecule has 1 rings (SSSR count). The lowest BCUT2D eigenvalue weighted by atomic mass is 9.86. The summed E-state index contributed by atoms with van der Waals surface area (Å²) in [7, 11) is 1.43. The van der Waals surface area contributed by atoms with Crippen LogP contribution in [0.5, 0.6) is 0 Å². The molecule has 0 aromatic heterocycles. The van der Waals surface area contributed by atoms with Crippen LogP contribution in [0.2, 0.25) is 0 Å². The van der Waals surface area contributed by atoms with Crippen molar-refractivity contribution < 1.29 is 9.53 Å². The van der Waals surface area contributed by atoms with Gasteiger partial charge in [-0.25, -0.2) is 0 Å². The molecule has 0 bridgehead atoms. The highest BCUT2D eigenvalue weighted by Gasteiger charge is 2.25. The fraction of sp³-hybridized carbons (Fsp3) is 0.875. The fourth-order valence-electron chi connectivity index (χ4n) is 1.61. The van der Waals surface area contributed by atoms with Crippen LogP contribution in [0.25, 0.3) is 0 Å². The molecule has 0 amide bonds. The highest BCUT2D eigenvalue weighted by molar-refractivity contribution is 5.72. The van der Waals surface area contributed by atoms with Gasteiger partial charge in [-0.15, -0.1) is 0 Å². The van der Waals surface area contributed by atoms with Gasteiger partial charge in [0, 0.05) is 6.04 Å². The van der Waals surface area contributed by atoms with E-state index in [2.05, 4.69) is 4.74 Å². The van der Waals surface area contributed by atoms with E-state index in [0.29, 0.717) is 0 Å². The molecule has 3 heteroatoms. The van der Waals surface area contributed by atoms with E-state index in [1.807, 2.05) is 0 Å². The van der Waals surface area contributed by atoms with Crippen molar-refractivity contribution in [1.29, 1.82) is 0 Å². The third-order valence-electron chi connectivity index (χ3n) is 2.25. The molecule has 0 heterocycles. The second kappa shape index (κ2) is 3.72. The first kappa shape index (κ1) is 8.53. The van der Waals surface area contributed by atoms with Crippen molar-refractivity contribution in [3.63, 3.8) is 0 Å². The van der Waals surface area contributed by atoms with Crippen LogP contribution < -0.4 is 5.73 Å². The van der Waals surface area contributed by atoms with Gasteiger partial charge in [-0.1, -0.05) is 6.42 Å². The van der Waals surface area contributed by atoms with Crippen molar-refractivity contribution in [2.24, 2.45) is 11.7 Å². The zero-order valence-electron chi connectivity index (χ0n) is 6.88. The number of hydrogen-bond acceptors (Lipinski definition) is 3. The molecule has 2 N–H and O–H groups in total. The highest BCUT2D eigenvalue weighted by Crippen LogP contribution is 2.23. The van der Waals surface area contributed by atoms with Gasteiger partial charge < -0.3 is 10.5 Å². The van der Waals surface area contributed by atoms with E-state index in [1.54, 1.807) is 0 Å². The Morgan fingerprint density at radius 2 is 2.27 bits per heavy atom. The van der Waals surface area contributed by atoms with Crippen molar-refractivity contribution in [1.82, 2.24) is 0 Å². The molecule has 2 atom stereocenters. The molecular formula is C8H15NO2. The van der Waals surface area contributed by atoms with Crippen molar-refractivity contribution >= 4 is 5.97 Å². The second-order valence-corrected chi connectivity index (χ2v) is 3.15. The summed E-state index contributed by atoms with van der Waals surface area (Å²) in [6.45, 7) is 0. The smallest absolute Gasteiger partial charge is 0.308 e. The summed E-state index contributed by atoms with van der Waals surface area (Å²) >= 11 is 0. The van der Waals surface area contributed by atoms with Gasteiger partial charge in [0.05, 0.1) is 13.0 Å². The maximum Gasteiger partial charge on any atom is 0.308 e. The normalized spacial score (nSPS) is 31.5. The van der Waals surface area contributed by atoms with Gasteiger partial charge in [0.15, 0.2) is 0 Å². The second-order valence-electron chi connectivity index (χ2n) is 3.15. The largest absolute Gasteiger partial charge is 0.469 e. The van der Waals surface area contributed by atoms with Gasteiger partial charge in [0.25, 0.3) is 0 Å². The van der Waals surface area contributed by atoms with E-state index in [0.717, 1.165) is 25.7 Å². The first-order valence-electron chi connectivity index (χ1n) is 4.07. The van der Waals surface area contributed by atoms with Crippen molar-refractivity contribution in [2.45, 2.75) is 31.7 Å². The molecule has 1 aliphatic rings. The molecule has 0 aliphatic heterocycles. The van der Waals surface area contributed by atoms with Gasteiger partial charge in [-0.2, -0.15) is 0 Å². The number of rotatable bonds is 1. The zero-order valence-corrected chi connectivity index (χ0v) is 6.88. The minimum Gasteiger partial charge on any atom is -0.469 e. The minimum absolute atomic E-state index is 0.0590. The Bertz CT molecular complexity index is 147. The standard InChI is InChI=1S/C8H15NO2/c1-11-8(10)6-3-2-4-7(9)5-6/h6-7H,2-5,9H2,1H3. The van der Waals surface area contributed by atoms with E-state index in [-0.39, 0.29) is 17.9 Å². The molecule has 0 spiro atoms. The van der Waals surface area contributed by atoms with Crippen LogP contribution in [-0.2, 0) is 9.53 Å². The molecule has 2 unspecified atom stereocenters. The van der Waals surface area contributed by atoms with Gasteiger partial charge in [-0.05, 0) is 19.3 Å². The number of esters is 1. The quantitative estimate of drug-likeness (QED) is 0.569. The number of carbonyl (C=O) groups is 1. The summed E-state index contributed by atoms with van der Waals surface area (Å²) in [6.07, 6.45) is 3.85. The minimum atomic E-state index is -0.0971. The topological polar surface area (TPSA) is 52.3 Å². The highest BCUT2D eigenvalue weighted by atomic mass is 16.5. The van der Waals surface area contributed by atoms with Crippen LogP contribution in [0, 0.1) is 5.92 Å². The van der Waals surface area contributed by atoms with Crippen molar-refractivity contribution in [2.75, 3.05) is 7.11 Å². The first-order valence-corrected chi connectivity index (χ1v) is 4.07. The average Bonchev–Trinajstić information content (AvgIpc) is 2.03. The lowest BCUT2D eigenvalue weighted by Crippen LogP contribution is -2.32. The molecule has 3 nitrogen and oxygen atoms in total. The number of nitrogens with two attached hydrogens (primary N) is 1. The van der Waals surface area contributed by atoms with Crippen LogP contribution in [0.3, 0.4) is 0 Å². The third-order valence-corrected chi connectivity index (χ3v) is 2.25. The average molecular weight is 157 g/mol. The van der Waals surface area contributed by atoms with Gasteiger partial charge in [0.2, 0.25) is 0 Å². The zero-order chi connectivity index (χ0) is 8.27. The lowest BCUT2D eigenvalue weighted by Gasteiger charge is -2.24. The summed E-state index contributed by atoms with van der Waals surface area (Å²) in [5.74, 6) is -0.0381. The SMILES string of the molecule is COC(=O)C1CCCC(N)C1.